The number of ether oxygens (including phenoxy) is 1. The zero-order valence-corrected chi connectivity index (χ0v) is 9.60. The van der Waals surface area contributed by atoms with Crippen molar-refractivity contribution in [2.75, 3.05) is 19.0 Å². The summed E-state index contributed by atoms with van der Waals surface area (Å²) in [6.45, 7) is 0.781. The summed E-state index contributed by atoms with van der Waals surface area (Å²) in [6.07, 6.45) is 0.977. The Bertz CT molecular complexity index is 537. The van der Waals surface area contributed by atoms with E-state index in [0.29, 0.717) is 0 Å². The van der Waals surface area contributed by atoms with Crippen molar-refractivity contribution in [1.82, 2.24) is 10.2 Å². The number of aromatic nitrogens is 2. The van der Waals surface area contributed by atoms with Crippen LogP contribution < -0.4 is 10.1 Å². The number of fused-ring (bicyclic) bond motifs is 1. The second kappa shape index (κ2) is 4.05. The van der Waals surface area contributed by atoms with E-state index in [2.05, 4.69) is 21.6 Å². The molecule has 1 aromatic carbocycles. The van der Waals surface area contributed by atoms with Crippen LogP contribution in [-0.4, -0.2) is 23.9 Å². The maximum Gasteiger partial charge on any atom is 0.148 e. The van der Waals surface area contributed by atoms with Gasteiger partial charge in [0.25, 0.3) is 0 Å². The van der Waals surface area contributed by atoms with Crippen LogP contribution in [0.4, 0.5) is 5.82 Å². The molecule has 1 aliphatic heterocycles. The molecule has 0 fully saturated rings. The van der Waals surface area contributed by atoms with Crippen molar-refractivity contribution in [2.24, 2.45) is 0 Å². The molecule has 2 aromatic rings. The van der Waals surface area contributed by atoms with Gasteiger partial charge in [0.1, 0.15) is 11.6 Å². The average Bonchev–Trinajstić information content (AvgIpc) is 2.86. The largest absolute Gasteiger partial charge is 0.493 e. The highest BCUT2D eigenvalue weighted by Crippen LogP contribution is 2.29. The third kappa shape index (κ3) is 1.82. The summed E-state index contributed by atoms with van der Waals surface area (Å²) in [6, 6.07) is 10.0. The molecule has 1 N–H and O–H groups in total. The molecule has 17 heavy (non-hydrogen) atoms. The van der Waals surface area contributed by atoms with E-state index in [0.717, 1.165) is 35.9 Å². The lowest BCUT2D eigenvalue weighted by Crippen LogP contribution is -1.95. The molecule has 0 atom stereocenters. The number of rotatable bonds is 2. The quantitative estimate of drug-likeness (QED) is 0.853. The van der Waals surface area contributed by atoms with E-state index >= 15 is 0 Å². The lowest BCUT2D eigenvalue weighted by molar-refractivity contribution is 0.357. The number of nitrogens with zero attached hydrogens (tertiary/aromatic N) is 2. The molecule has 86 valence electrons. The minimum Gasteiger partial charge on any atom is -0.493 e. The molecular weight excluding hydrogens is 214 g/mol. The van der Waals surface area contributed by atoms with Crippen LogP contribution >= 0.6 is 0 Å². The van der Waals surface area contributed by atoms with Crippen molar-refractivity contribution in [3.63, 3.8) is 0 Å². The van der Waals surface area contributed by atoms with Gasteiger partial charge in [-0.15, -0.1) is 10.2 Å². The monoisotopic (exact) mass is 227 g/mol. The summed E-state index contributed by atoms with van der Waals surface area (Å²) in [4.78, 5) is 0. The minimum absolute atomic E-state index is 0.776. The number of hydrogen-bond donors (Lipinski definition) is 1. The normalized spacial score (nSPS) is 13.0. The summed E-state index contributed by atoms with van der Waals surface area (Å²) in [5.74, 6) is 1.77. The maximum absolute atomic E-state index is 5.48. The summed E-state index contributed by atoms with van der Waals surface area (Å²) >= 11 is 0. The van der Waals surface area contributed by atoms with Crippen molar-refractivity contribution in [3.05, 3.63) is 35.9 Å². The van der Waals surface area contributed by atoms with Gasteiger partial charge in [-0.25, -0.2) is 0 Å². The Hall–Kier alpha value is -2.10. The predicted octanol–water partition coefficient (Wildman–Crippen LogP) is 2.12. The molecule has 4 nitrogen and oxygen atoms in total. The number of benzene rings is 1. The van der Waals surface area contributed by atoms with Crippen molar-refractivity contribution < 1.29 is 4.74 Å². The van der Waals surface area contributed by atoms with Gasteiger partial charge in [0.05, 0.1) is 12.3 Å². The van der Waals surface area contributed by atoms with Gasteiger partial charge in [0.2, 0.25) is 0 Å². The molecule has 2 heterocycles. The van der Waals surface area contributed by atoms with Crippen LogP contribution in [0.2, 0.25) is 0 Å². The van der Waals surface area contributed by atoms with Gasteiger partial charge in [-0.1, -0.05) is 0 Å². The second-order valence-electron chi connectivity index (χ2n) is 3.97. The maximum atomic E-state index is 5.48. The lowest BCUT2D eigenvalue weighted by Gasteiger charge is -2.04. The molecule has 0 saturated carbocycles. The first-order valence-corrected chi connectivity index (χ1v) is 5.64. The molecule has 3 rings (SSSR count). The van der Waals surface area contributed by atoms with E-state index in [4.69, 9.17) is 4.74 Å². The van der Waals surface area contributed by atoms with Gasteiger partial charge in [0, 0.05) is 19.0 Å². The Morgan fingerprint density at radius 2 is 2.12 bits per heavy atom. The van der Waals surface area contributed by atoms with E-state index in [1.54, 1.807) is 0 Å². The summed E-state index contributed by atoms with van der Waals surface area (Å²) in [5.41, 5.74) is 3.23. The third-order valence-electron chi connectivity index (χ3n) is 2.91. The van der Waals surface area contributed by atoms with Crippen LogP contribution in [0, 0.1) is 0 Å². The standard InChI is InChI=1S/C13H13N3O/c1-14-13-5-3-11(15-16-13)9-2-4-12-10(8-9)6-7-17-12/h2-5,8H,6-7H2,1H3,(H,14,16). The molecule has 1 aromatic heterocycles. The van der Waals surface area contributed by atoms with E-state index in [9.17, 15) is 0 Å². The summed E-state index contributed by atoms with van der Waals surface area (Å²) < 4.78 is 5.48. The van der Waals surface area contributed by atoms with Crippen LogP contribution in [0.3, 0.4) is 0 Å². The van der Waals surface area contributed by atoms with Gasteiger partial charge in [-0.3, -0.25) is 0 Å². The number of nitrogens with one attached hydrogen (secondary N) is 1. The predicted molar refractivity (Wildman–Crippen MR) is 66.2 cm³/mol. The molecule has 1 aliphatic rings. The first kappa shape index (κ1) is 10.1. The molecule has 0 unspecified atom stereocenters. The summed E-state index contributed by atoms with van der Waals surface area (Å²) in [7, 11) is 1.83. The fourth-order valence-corrected chi connectivity index (χ4v) is 1.97. The van der Waals surface area contributed by atoms with Crippen molar-refractivity contribution in [1.29, 1.82) is 0 Å². The SMILES string of the molecule is CNc1ccc(-c2ccc3c(c2)CCO3)nn1. The number of hydrogen-bond acceptors (Lipinski definition) is 4. The highest BCUT2D eigenvalue weighted by molar-refractivity contribution is 5.63. The smallest absolute Gasteiger partial charge is 0.148 e. The third-order valence-corrected chi connectivity index (χ3v) is 2.91. The molecule has 0 amide bonds. The van der Waals surface area contributed by atoms with Gasteiger partial charge in [-0.05, 0) is 35.9 Å². The topological polar surface area (TPSA) is 47.0 Å². The van der Waals surface area contributed by atoms with Crippen LogP contribution in [-0.2, 0) is 6.42 Å². The van der Waals surface area contributed by atoms with Gasteiger partial charge < -0.3 is 10.1 Å². The van der Waals surface area contributed by atoms with Crippen LogP contribution in [0.1, 0.15) is 5.56 Å². The van der Waals surface area contributed by atoms with E-state index in [1.807, 2.05) is 31.3 Å². The highest BCUT2D eigenvalue weighted by Gasteiger charge is 2.13. The van der Waals surface area contributed by atoms with Crippen LogP contribution in [0.15, 0.2) is 30.3 Å². The Morgan fingerprint density at radius 3 is 2.88 bits per heavy atom. The molecule has 0 saturated heterocycles. The molecule has 0 aliphatic carbocycles. The van der Waals surface area contributed by atoms with Crippen molar-refractivity contribution in [2.45, 2.75) is 6.42 Å². The van der Waals surface area contributed by atoms with E-state index in [-0.39, 0.29) is 0 Å². The molecular formula is C13H13N3O. The first-order chi connectivity index (χ1) is 8.36. The summed E-state index contributed by atoms with van der Waals surface area (Å²) in [5, 5.41) is 11.2. The Kier molecular flexibility index (Phi) is 2.40. The zero-order chi connectivity index (χ0) is 11.7. The number of anilines is 1. The van der Waals surface area contributed by atoms with Gasteiger partial charge >= 0.3 is 0 Å². The highest BCUT2D eigenvalue weighted by atomic mass is 16.5. The minimum atomic E-state index is 0.776. The van der Waals surface area contributed by atoms with Gasteiger partial charge in [0.15, 0.2) is 0 Å². The van der Waals surface area contributed by atoms with Crippen molar-refractivity contribution in [3.8, 4) is 17.0 Å². The molecule has 0 spiro atoms. The molecule has 0 radical (unpaired) electrons. The van der Waals surface area contributed by atoms with E-state index < -0.39 is 0 Å². The van der Waals surface area contributed by atoms with Crippen molar-refractivity contribution >= 4 is 5.82 Å². The molecule has 0 bridgehead atoms. The van der Waals surface area contributed by atoms with Crippen LogP contribution in [0.5, 0.6) is 5.75 Å². The second-order valence-corrected chi connectivity index (χ2v) is 3.97. The molecule has 4 heteroatoms. The first-order valence-electron chi connectivity index (χ1n) is 5.64. The average molecular weight is 227 g/mol. The fraction of sp³-hybridized carbons (Fsp3) is 0.231. The lowest BCUT2D eigenvalue weighted by atomic mass is 10.1. The Morgan fingerprint density at radius 1 is 1.18 bits per heavy atom. The van der Waals surface area contributed by atoms with Crippen LogP contribution in [0.25, 0.3) is 11.3 Å². The Balaban J connectivity index is 1.97. The van der Waals surface area contributed by atoms with Gasteiger partial charge in [-0.2, -0.15) is 0 Å². The Labute approximate surface area is 99.6 Å². The fourth-order valence-electron chi connectivity index (χ4n) is 1.97. The van der Waals surface area contributed by atoms with E-state index in [1.165, 1.54) is 5.56 Å². The zero-order valence-electron chi connectivity index (χ0n) is 9.60.